The zero-order valence-electron chi connectivity index (χ0n) is 14.0. The average molecular weight is 309 g/mol. The van der Waals surface area contributed by atoms with Gasteiger partial charge in [-0.1, -0.05) is 23.4 Å². The summed E-state index contributed by atoms with van der Waals surface area (Å²) < 4.78 is 7.83. The lowest BCUT2D eigenvalue weighted by Gasteiger charge is -2.09. The van der Waals surface area contributed by atoms with Gasteiger partial charge in [-0.3, -0.25) is 0 Å². The third-order valence-electron chi connectivity index (χ3n) is 4.24. The number of rotatable bonds is 6. The number of aromatic nitrogens is 3. The van der Waals surface area contributed by atoms with E-state index in [1.54, 1.807) is 0 Å². The lowest BCUT2D eigenvalue weighted by molar-refractivity contribution is 0.300. The Morgan fingerprint density at radius 3 is 2.57 bits per heavy atom. The predicted octanol–water partition coefficient (Wildman–Crippen LogP) is 4.22. The molecule has 0 unspecified atom stereocenters. The van der Waals surface area contributed by atoms with Crippen LogP contribution in [0.25, 0.3) is 11.0 Å². The first-order valence-electron chi connectivity index (χ1n) is 8.14. The van der Waals surface area contributed by atoms with E-state index in [0.29, 0.717) is 0 Å². The van der Waals surface area contributed by atoms with E-state index < -0.39 is 0 Å². The third kappa shape index (κ3) is 3.52. The number of nitrogens with zero attached hydrogens (tertiary/aromatic N) is 3. The summed E-state index contributed by atoms with van der Waals surface area (Å²) in [4.78, 5) is 0. The minimum atomic E-state index is 0.732. The molecule has 4 nitrogen and oxygen atoms in total. The van der Waals surface area contributed by atoms with Crippen LogP contribution in [0, 0.1) is 20.8 Å². The van der Waals surface area contributed by atoms with Gasteiger partial charge in [0.1, 0.15) is 11.3 Å². The van der Waals surface area contributed by atoms with Gasteiger partial charge in [-0.2, -0.15) is 0 Å². The molecule has 0 aliphatic carbocycles. The molecule has 4 heteroatoms. The van der Waals surface area contributed by atoms with Crippen LogP contribution in [0.15, 0.2) is 36.4 Å². The minimum absolute atomic E-state index is 0.732. The average Bonchev–Trinajstić information content (AvgIpc) is 2.91. The second-order valence-electron chi connectivity index (χ2n) is 6.06. The van der Waals surface area contributed by atoms with Crippen LogP contribution >= 0.6 is 0 Å². The fraction of sp³-hybridized carbons (Fsp3) is 0.368. The molecule has 0 fully saturated rings. The van der Waals surface area contributed by atoms with Gasteiger partial charge in [-0.05, 0) is 68.5 Å². The first-order chi connectivity index (χ1) is 11.1. The quantitative estimate of drug-likeness (QED) is 0.640. The number of hydrogen-bond donors (Lipinski definition) is 0. The van der Waals surface area contributed by atoms with Crippen molar-refractivity contribution in [1.82, 2.24) is 15.0 Å². The van der Waals surface area contributed by atoms with E-state index in [-0.39, 0.29) is 0 Å². The van der Waals surface area contributed by atoms with Gasteiger partial charge in [0.25, 0.3) is 0 Å². The first kappa shape index (κ1) is 15.5. The molecule has 0 spiro atoms. The van der Waals surface area contributed by atoms with Crippen molar-refractivity contribution in [1.29, 1.82) is 0 Å². The van der Waals surface area contributed by atoms with Crippen molar-refractivity contribution in [3.63, 3.8) is 0 Å². The van der Waals surface area contributed by atoms with Gasteiger partial charge >= 0.3 is 0 Å². The Morgan fingerprint density at radius 2 is 1.74 bits per heavy atom. The van der Waals surface area contributed by atoms with Crippen LogP contribution in [0.5, 0.6) is 5.75 Å². The van der Waals surface area contributed by atoms with Gasteiger partial charge < -0.3 is 4.74 Å². The van der Waals surface area contributed by atoms with Gasteiger partial charge in [0.05, 0.1) is 12.1 Å². The molecule has 0 amide bonds. The van der Waals surface area contributed by atoms with E-state index in [9.17, 15) is 0 Å². The van der Waals surface area contributed by atoms with E-state index in [2.05, 4.69) is 49.3 Å². The monoisotopic (exact) mass is 309 g/mol. The summed E-state index contributed by atoms with van der Waals surface area (Å²) in [7, 11) is 0. The summed E-state index contributed by atoms with van der Waals surface area (Å²) in [5.41, 5.74) is 5.82. The lowest BCUT2D eigenvalue weighted by atomic mass is 10.1. The van der Waals surface area contributed by atoms with Crippen LogP contribution in [0.1, 0.15) is 29.5 Å². The molecule has 0 atom stereocenters. The van der Waals surface area contributed by atoms with Gasteiger partial charge in [0, 0.05) is 6.54 Å². The summed E-state index contributed by atoms with van der Waals surface area (Å²) in [6.45, 7) is 7.91. The molecular formula is C19H23N3O. The Kier molecular flexibility index (Phi) is 4.60. The van der Waals surface area contributed by atoms with Crippen LogP contribution < -0.4 is 4.74 Å². The fourth-order valence-electron chi connectivity index (χ4n) is 2.65. The van der Waals surface area contributed by atoms with Crippen molar-refractivity contribution in [2.75, 3.05) is 6.61 Å². The third-order valence-corrected chi connectivity index (χ3v) is 4.24. The Balaban J connectivity index is 1.53. The Bertz CT molecular complexity index is 807. The highest BCUT2D eigenvalue weighted by Gasteiger charge is 2.06. The molecule has 0 aliphatic rings. The van der Waals surface area contributed by atoms with E-state index in [4.69, 9.17) is 4.74 Å². The molecule has 1 aromatic heterocycles. The Labute approximate surface area is 137 Å². The number of unbranched alkanes of at least 4 members (excludes halogenated alkanes) is 1. The zero-order valence-corrected chi connectivity index (χ0v) is 14.0. The van der Waals surface area contributed by atoms with Crippen LogP contribution in [-0.4, -0.2) is 21.6 Å². The van der Waals surface area contributed by atoms with E-state index in [0.717, 1.165) is 42.8 Å². The Morgan fingerprint density at radius 1 is 0.957 bits per heavy atom. The van der Waals surface area contributed by atoms with Crippen molar-refractivity contribution >= 4 is 11.0 Å². The van der Waals surface area contributed by atoms with Gasteiger partial charge in [-0.25, -0.2) is 4.68 Å². The summed E-state index contributed by atoms with van der Waals surface area (Å²) in [6, 6.07) is 12.4. The fourth-order valence-corrected chi connectivity index (χ4v) is 2.65. The van der Waals surface area contributed by atoms with Crippen LogP contribution in [0.4, 0.5) is 0 Å². The van der Waals surface area contributed by atoms with Crippen LogP contribution in [-0.2, 0) is 6.54 Å². The molecule has 0 radical (unpaired) electrons. The highest BCUT2D eigenvalue weighted by molar-refractivity contribution is 5.76. The molecule has 23 heavy (non-hydrogen) atoms. The molecule has 1 heterocycles. The highest BCUT2D eigenvalue weighted by atomic mass is 16.5. The molecule has 3 aromatic rings. The number of ether oxygens (including phenoxy) is 1. The first-order valence-corrected chi connectivity index (χ1v) is 8.14. The topological polar surface area (TPSA) is 39.9 Å². The molecule has 3 rings (SSSR count). The Hall–Kier alpha value is -2.36. The van der Waals surface area contributed by atoms with Crippen molar-refractivity contribution in [3.05, 3.63) is 53.1 Å². The largest absolute Gasteiger partial charge is 0.493 e. The summed E-state index contributed by atoms with van der Waals surface area (Å²) in [6.07, 6.45) is 2.03. The summed E-state index contributed by atoms with van der Waals surface area (Å²) >= 11 is 0. The lowest BCUT2D eigenvalue weighted by Crippen LogP contribution is -2.04. The minimum Gasteiger partial charge on any atom is -0.493 e. The van der Waals surface area contributed by atoms with Crippen molar-refractivity contribution in [3.8, 4) is 5.75 Å². The van der Waals surface area contributed by atoms with Gasteiger partial charge in [0.2, 0.25) is 0 Å². The molecular weight excluding hydrogens is 286 g/mol. The van der Waals surface area contributed by atoms with Crippen molar-refractivity contribution in [2.24, 2.45) is 0 Å². The number of fused-ring (bicyclic) bond motifs is 1. The van der Waals surface area contributed by atoms with Gasteiger partial charge in [-0.15, -0.1) is 5.10 Å². The second kappa shape index (κ2) is 6.82. The predicted molar refractivity (Wildman–Crippen MR) is 92.9 cm³/mol. The van der Waals surface area contributed by atoms with E-state index >= 15 is 0 Å². The molecule has 0 bridgehead atoms. The summed E-state index contributed by atoms with van der Waals surface area (Å²) in [5.74, 6) is 0.977. The van der Waals surface area contributed by atoms with Crippen LogP contribution in [0.3, 0.4) is 0 Å². The maximum atomic E-state index is 5.83. The van der Waals surface area contributed by atoms with Gasteiger partial charge in [0.15, 0.2) is 0 Å². The maximum absolute atomic E-state index is 5.83. The number of aryl methyl sites for hydroxylation is 4. The standard InChI is InChI=1S/C19H23N3O/c1-14-8-4-5-9-19(14)23-11-7-6-10-22-18-13-16(3)15(2)12-17(18)20-21-22/h4-5,8-9,12-13H,6-7,10-11H2,1-3H3. The normalized spacial score (nSPS) is 11.1. The number of benzene rings is 2. The van der Waals surface area contributed by atoms with Crippen LogP contribution in [0.2, 0.25) is 0 Å². The molecule has 0 N–H and O–H groups in total. The SMILES string of the molecule is Cc1cc2nnn(CCCCOc3ccccc3C)c2cc1C. The molecule has 120 valence electrons. The summed E-state index contributed by atoms with van der Waals surface area (Å²) in [5, 5.41) is 8.53. The highest BCUT2D eigenvalue weighted by Crippen LogP contribution is 2.18. The maximum Gasteiger partial charge on any atom is 0.122 e. The number of para-hydroxylation sites is 1. The van der Waals surface area contributed by atoms with Crippen molar-refractivity contribution < 1.29 is 4.74 Å². The molecule has 0 saturated heterocycles. The van der Waals surface area contributed by atoms with E-state index in [1.165, 1.54) is 16.7 Å². The molecule has 0 saturated carbocycles. The molecule has 2 aromatic carbocycles. The molecule has 0 aliphatic heterocycles. The van der Waals surface area contributed by atoms with E-state index in [1.807, 2.05) is 22.9 Å². The van der Waals surface area contributed by atoms with Crippen molar-refractivity contribution in [2.45, 2.75) is 40.2 Å². The number of hydrogen-bond acceptors (Lipinski definition) is 3. The smallest absolute Gasteiger partial charge is 0.122 e. The second-order valence-corrected chi connectivity index (χ2v) is 6.06. The zero-order chi connectivity index (χ0) is 16.2.